The molecule has 0 saturated heterocycles. The van der Waals surface area contributed by atoms with Gasteiger partial charge in [-0.25, -0.2) is 4.68 Å². The molecule has 1 N–H and O–H groups in total. The van der Waals surface area contributed by atoms with Crippen LogP contribution in [0.3, 0.4) is 0 Å². The molecule has 22 heavy (non-hydrogen) atoms. The molecule has 112 valence electrons. The number of hydrogen-bond acceptors (Lipinski definition) is 8. The van der Waals surface area contributed by atoms with Crippen LogP contribution in [0, 0.1) is 0 Å². The van der Waals surface area contributed by atoms with Crippen LogP contribution < -0.4 is 5.32 Å². The summed E-state index contributed by atoms with van der Waals surface area (Å²) in [5.74, 6) is 0.663. The fraction of sp³-hybridized carbons (Fsp3) is 0.250. The van der Waals surface area contributed by atoms with Crippen molar-refractivity contribution in [2.75, 3.05) is 6.54 Å². The molecule has 0 radical (unpaired) electrons. The first kappa shape index (κ1) is 13.8. The molecule has 0 saturated carbocycles. The van der Waals surface area contributed by atoms with Crippen LogP contribution in [0.15, 0.2) is 35.2 Å². The maximum atomic E-state index is 11.6. The average Bonchev–Trinajstić information content (AvgIpc) is 3.20. The van der Waals surface area contributed by atoms with Crippen LogP contribution in [0.1, 0.15) is 5.89 Å². The van der Waals surface area contributed by atoms with Gasteiger partial charge in [-0.1, -0.05) is 11.2 Å². The second-order valence-electron chi connectivity index (χ2n) is 4.33. The summed E-state index contributed by atoms with van der Waals surface area (Å²) in [6.45, 7) is 0.445. The summed E-state index contributed by atoms with van der Waals surface area (Å²) in [5.41, 5.74) is 0.639. The minimum Gasteiger partial charge on any atom is -0.354 e. The number of hydrogen-bond donors (Lipinski definition) is 1. The van der Waals surface area contributed by atoms with E-state index in [1.165, 1.54) is 11.0 Å². The lowest BCUT2D eigenvalue weighted by Gasteiger charge is -2.02. The zero-order valence-corrected chi connectivity index (χ0v) is 11.5. The molecule has 3 aromatic rings. The van der Waals surface area contributed by atoms with Crippen molar-refractivity contribution >= 4 is 5.91 Å². The van der Waals surface area contributed by atoms with Crippen molar-refractivity contribution in [3.63, 3.8) is 0 Å². The highest BCUT2D eigenvalue weighted by Crippen LogP contribution is 2.11. The van der Waals surface area contributed by atoms with Gasteiger partial charge in [0.2, 0.25) is 17.6 Å². The summed E-state index contributed by atoms with van der Waals surface area (Å²) >= 11 is 0. The molecule has 0 bridgehead atoms. The molecule has 0 fully saturated rings. The van der Waals surface area contributed by atoms with Crippen molar-refractivity contribution in [3.05, 3.63) is 36.6 Å². The number of nitrogens with one attached hydrogen (secondary N) is 1. The van der Waals surface area contributed by atoms with Crippen molar-refractivity contribution in [1.82, 2.24) is 40.6 Å². The third-order valence-corrected chi connectivity index (χ3v) is 2.72. The largest absolute Gasteiger partial charge is 0.354 e. The highest BCUT2D eigenvalue weighted by molar-refractivity contribution is 5.75. The number of pyridine rings is 1. The fourth-order valence-corrected chi connectivity index (χ4v) is 1.72. The van der Waals surface area contributed by atoms with Gasteiger partial charge in [-0.2, -0.15) is 4.98 Å². The van der Waals surface area contributed by atoms with E-state index in [1.54, 1.807) is 12.3 Å². The first-order valence-corrected chi connectivity index (χ1v) is 6.53. The van der Waals surface area contributed by atoms with E-state index in [0.29, 0.717) is 30.4 Å². The third kappa shape index (κ3) is 3.48. The Morgan fingerprint density at radius 2 is 2.32 bits per heavy atom. The first-order chi connectivity index (χ1) is 10.8. The fourth-order valence-electron chi connectivity index (χ4n) is 1.72. The zero-order chi connectivity index (χ0) is 15.2. The number of carbonyl (C=O) groups excluding carboxylic acids is 1. The SMILES string of the molecule is O=C(Cn1cnnn1)NCCc1nc(-c2ccccn2)no1. The molecule has 0 spiro atoms. The predicted molar refractivity (Wildman–Crippen MR) is 72.1 cm³/mol. The van der Waals surface area contributed by atoms with Crippen LogP contribution in [0.25, 0.3) is 11.5 Å². The second-order valence-corrected chi connectivity index (χ2v) is 4.33. The quantitative estimate of drug-likeness (QED) is 0.644. The van der Waals surface area contributed by atoms with E-state index < -0.39 is 0 Å². The Morgan fingerprint density at radius 1 is 1.36 bits per heavy atom. The molecule has 10 heteroatoms. The predicted octanol–water partition coefficient (Wildman–Crippen LogP) is -0.523. The monoisotopic (exact) mass is 300 g/mol. The van der Waals surface area contributed by atoms with Crippen molar-refractivity contribution < 1.29 is 9.32 Å². The Morgan fingerprint density at radius 3 is 3.09 bits per heavy atom. The van der Waals surface area contributed by atoms with Gasteiger partial charge < -0.3 is 9.84 Å². The van der Waals surface area contributed by atoms with Crippen LogP contribution in [-0.4, -0.2) is 47.8 Å². The highest BCUT2D eigenvalue weighted by Gasteiger charge is 2.10. The Balaban J connectivity index is 1.48. The lowest BCUT2D eigenvalue weighted by molar-refractivity contribution is -0.121. The van der Waals surface area contributed by atoms with Crippen molar-refractivity contribution in [3.8, 4) is 11.5 Å². The number of tetrazole rings is 1. The summed E-state index contributed by atoms with van der Waals surface area (Å²) in [6.07, 6.45) is 3.46. The zero-order valence-electron chi connectivity index (χ0n) is 11.5. The molecule has 0 atom stereocenters. The van der Waals surface area contributed by atoms with E-state index >= 15 is 0 Å². The van der Waals surface area contributed by atoms with Gasteiger partial charge in [0.05, 0.1) is 0 Å². The van der Waals surface area contributed by atoms with E-state index in [9.17, 15) is 4.79 Å². The molecule has 1 amide bonds. The van der Waals surface area contributed by atoms with Gasteiger partial charge in [0.25, 0.3) is 0 Å². The van der Waals surface area contributed by atoms with Crippen LogP contribution in [-0.2, 0) is 17.8 Å². The van der Waals surface area contributed by atoms with Crippen molar-refractivity contribution in [1.29, 1.82) is 0 Å². The summed E-state index contributed by atoms with van der Waals surface area (Å²) in [5, 5.41) is 17.1. The number of carbonyl (C=O) groups is 1. The minimum absolute atomic E-state index is 0.0655. The van der Waals surface area contributed by atoms with Crippen molar-refractivity contribution in [2.45, 2.75) is 13.0 Å². The second kappa shape index (κ2) is 6.52. The molecular weight excluding hydrogens is 288 g/mol. The van der Waals surface area contributed by atoms with Crippen LogP contribution in [0.2, 0.25) is 0 Å². The summed E-state index contributed by atoms with van der Waals surface area (Å²) in [7, 11) is 0. The van der Waals surface area contributed by atoms with Gasteiger partial charge in [-0.05, 0) is 22.6 Å². The van der Waals surface area contributed by atoms with Crippen molar-refractivity contribution in [2.24, 2.45) is 0 Å². The van der Waals surface area contributed by atoms with Gasteiger partial charge in [-0.15, -0.1) is 5.10 Å². The maximum Gasteiger partial charge on any atom is 0.241 e. The number of nitrogens with zero attached hydrogens (tertiary/aromatic N) is 7. The highest BCUT2D eigenvalue weighted by atomic mass is 16.5. The Bertz CT molecular complexity index is 725. The van der Waals surface area contributed by atoms with Crippen LogP contribution in [0.5, 0.6) is 0 Å². The van der Waals surface area contributed by atoms with E-state index in [1.807, 2.05) is 12.1 Å². The molecule has 10 nitrogen and oxygen atoms in total. The molecule has 3 heterocycles. The molecule has 0 aliphatic heterocycles. The van der Waals surface area contributed by atoms with Gasteiger partial charge in [0.1, 0.15) is 18.6 Å². The van der Waals surface area contributed by atoms with Gasteiger partial charge in [-0.3, -0.25) is 9.78 Å². The molecule has 0 aromatic carbocycles. The number of amides is 1. The van der Waals surface area contributed by atoms with Crippen LogP contribution >= 0.6 is 0 Å². The number of aromatic nitrogens is 7. The van der Waals surface area contributed by atoms with E-state index in [0.717, 1.165) is 0 Å². The smallest absolute Gasteiger partial charge is 0.241 e. The first-order valence-electron chi connectivity index (χ1n) is 6.53. The normalized spacial score (nSPS) is 10.5. The van der Waals surface area contributed by atoms with E-state index in [4.69, 9.17) is 4.52 Å². The number of rotatable bonds is 6. The summed E-state index contributed by atoms with van der Waals surface area (Å²) < 4.78 is 6.45. The maximum absolute atomic E-state index is 11.6. The summed E-state index contributed by atoms with van der Waals surface area (Å²) in [4.78, 5) is 20.0. The van der Waals surface area contributed by atoms with Crippen LogP contribution in [0.4, 0.5) is 0 Å². The Hall–Kier alpha value is -3.17. The summed E-state index contributed by atoms with van der Waals surface area (Å²) in [6, 6.07) is 5.45. The third-order valence-electron chi connectivity index (χ3n) is 2.72. The molecule has 3 aromatic heterocycles. The lowest BCUT2D eigenvalue weighted by atomic mass is 10.3. The average molecular weight is 300 g/mol. The molecule has 0 aliphatic rings. The van der Waals surface area contributed by atoms with Gasteiger partial charge in [0, 0.05) is 19.2 Å². The molecule has 3 rings (SSSR count). The minimum atomic E-state index is -0.197. The van der Waals surface area contributed by atoms with Gasteiger partial charge >= 0.3 is 0 Å². The van der Waals surface area contributed by atoms with E-state index in [-0.39, 0.29) is 12.5 Å². The topological polar surface area (TPSA) is 125 Å². The van der Waals surface area contributed by atoms with Gasteiger partial charge in [0.15, 0.2) is 0 Å². The Kier molecular flexibility index (Phi) is 4.09. The lowest BCUT2D eigenvalue weighted by Crippen LogP contribution is -2.29. The molecule has 0 aliphatic carbocycles. The molecule has 0 unspecified atom stereocenters. The molecular formula is C12H12N8O2. The van der Waals surface area contributed by atoms with E-state index in [2.05, 4.69) is 36.0 Å². The standard InChI is InChI=1S/C12H12N8O2/c21-10(7-20-8-15-18-19-20)14-6-4-11-16-12(17-22-11)9-3-1-2-5-13-9/h1-3,5,8H,4,6-7H2,(H,14,21). The Labute approximate surface area is 124 Å².